The minimum Gasteiger partial charge on any atom is -0.493 e. The maximum atomic E-state index is 11.4. The molecule has 0 saturated carbocycles. The summed E-state index contributed by atoms with van der Waals surface area (Å²) in [5.74, 6) is 1.85. The molecule has 1 aromatic carbocycles. The Morgan fingerprint density at radius 3 is 2.00 bits per heavy atom. The van der Waals surface area contributed by atoms with Crippen LogP contribution >= 0.6 is 0 Å². The Balaban J connectivity index is 2.94. The van der Waals surface area contributed by atoms with Crippen LogP contribution in [0.5, 0.6) is 17.2 Å². The van der Waals surface area contributed by atoms with Crippen molar-refractivity contribution in [1.82, 2.24) is 5.32 Å². The number of methoxy groups -OCH3 is 3. The van der Waals surface area contributed by atoms with Gasteiger partial charge < -0.3 is 19.5 Å². The van der Waals surface area contributed by atoms with Gasteiger partial charge in [0.25, 0.3) is 0 Å². The molecule has 0 spiro atoms. The Morgan fingerprint density at radius 1 is 1.10 bits per heavy atom. The molecule has 6 heteroatoms. The average molecular weight is 315 g/mol. The Labute approximate surface area is 129 Å². The fraction of sp³-hybridized carbons (Fsp3) is 0.600. The lowest BCUT2D eigenvalue weighted by Gasteiger charge is -2.20. The first-order chi connectivity index (χ1) is 9.94. The Morgan fingerprint density at radius 2 is 1.62 bits per heavy atom. The maximum absolute atomic E-state index is 11.4. The van der Waals surface area contributed by atoms with Crippen molar-refractivity contribution >= 4 is 10.8 Å². The summed E-state index contributed by atoms with van der Waals surface area (Å²) in [6, 6.07) is 3.93. The van der Waals surface area contributed by atoms with Crippen molar-refractivity contribution in [2.75, 3.05) is 34.1 Å². The summed E-state index contributed by atoms with van der Waals surface area (Å²) in [4.78, 5) is 0. The molecule has 1 aromatic rings. The number of benzene rings is 1. The second-order valence-electron chi connectivity index (χ2n) is 4.90. The van der Waals surface area contributed by atoms with Gasteiger partial charge in [0.05, 0.1) is 21.3 Å². The van der Waals surface area contributed by atoms with Gasteiger partial charge in [-0.2, -0.15) is 0 Å². The zero-order chi connectivity index (χ0) is 16.0. The van der Waals surface area contributed by atoms with Crippen LogP contribution in [0.2, 0.25) is 0 Å². The Kier molecular flexibility index (Phi) is 6.98. The molecule has 0 radical (unpaired) electrons. The number of ether oxygens (including phenoxy) is 3. The van der Waals surface area contributed by atoms with Crippen molar-refractivity contribution in [2.45, 2.75) is 25.1 Å². The van der Waals surface area contributed by atoms with Crippen molar-refractivity contribution in [3.05, 3.63) is 17.7 Å². The topological polar surface area (TPSA) is 56.8 Å². The van der Waals surface area contributed by atoms with E-state index in [1.807, 2.05) is 26.0 Å². The van der Waals surface area contributed by atoms with Gasteiger partial charge >= 0.3 is 0 Å². The number of nitrogens with one attached hydrogen (secondary N) is 1. The van der Waals surface area contributed by atoms with Crippen LogP contribution < -0.4 is 19.5 Å². The molecule has 0 heterocycles. The van der Waals surface area contributed by atoms with Gasteiger partial charge in [-0.15, -0.1) is 0 Å². The molecule has 0 saturated heterocycles. The van der Waals surface area contributed by atoms with Crippen LogP contribution in [0.25, 0.3) is 0 Å². The van der Waals surface area contributed by atoms with Crippen molar-refractivity contribution in [3.8, 4) is 17.2 Å². The van der Waals surface area contributed by atoms with E-state index in [2.05, 4.69) is 5.32 Å². The van der Waals surface area contributed by atoms with Crippen molar-refractivity contribution in [1.29, 1.82) is 0 Å². The zero-order valence-electron chi connectivity index (χ0n) is 13.6. The van der Waals surface area contributed by atoms with E-state index in [1.54, 1.807) is 27.6 Å². The van der Waals surface area contributed by atoms with E-state index in [4.69, 9.17) is 14.2 Å². The normalized spacial score (nSPS) is 15.1. The highest BCUT2D eigenvalue weighted by atomic mass is 32.2. The van der Waals surface area contributed by atoms with Gasteiger partial charge in [-0.05, 0) is 31.5 Å². The smallest absolute Gasteiger partial charge is 0.203 e. The van der Waals surface area contributed by atoms with Gasteiger partial charge in [0, 0.05) is 34.9 Å². The lowest BCUT2D eigenvalue weighted by Crippen LogP contribution is -2.29. The van der Waals surface area contributed by atoms with Crippen LogP contribution in [-0.4, -0.2) is 43.6 Å². The van der Waals surface area contributed by atoms with Crippen LogP contribution in [0.15, 0.2) is 12.1 Å². The molecule has 0 aliphatic heterocycles. The molecule has 0 aliphatic carbocycles. The van der Waals surface area contributed by atoms with E-state index in [0.29, 0.717) is 23.8 Å². The Hall–Kier alpha value is -1.27. The van der Waals surface area contributed by atoms with Crippen molar-refractivity contribution in [3.63, 3.8) is 0 Å². The maximum Gasteiger partial charge on any atom is 0.203 e. The van der Waals surface area contributed by atoms with Crippen molar-refractivity contribution < 1.29 is 18.4 Å². The van der Waals surface area contributed by atoms with E-state index >= 15 is 0 Å². The van der Waals surface area contributed by atoms with E-state index in [1.165, 1.54) is 0 Å². The minimum absolute atomic E-state index is 0.0877. The first kappa shape index (κ1) is 17.8. The fourth-order valence-electron chi connectivity index (χ4n) is 1.93. The molecule has 0 bridgehead atoms. The molecule has 0 fully saturated rings. The second-order valence-corrected chi connectivity index (χ2v) is 6.70. The quantitative estimate of drug-likeness (QED) is 0.796. The molecule has 1 N–H and O–H groups in total. The molecule has 120 valence electrons. The monoisotopic (exact) mass is 315 g/mol. The molecular formula is C15H25NO4S. The van der Waals surface area contributed by atoms with E-state index in [0.717, 1.165) is 5.56 Å². The van der Waals surface area contributed by atoms with Crippen LogP contribution in [0.3, 0.4) is 0 Å². The standard InChI is InChI=1S/C15H25NO4S/c1-10(21(6)17)9-16-11(2)12-7-13(18-3)15(20-5)14(8-12)19-4/h7-8,10-11,16H,9H2,1-6H3. The lowest BCUT2D eigenvalue weighted by molar-refractivity contribution is 0.323. The first-order valence-corrected chi connectivity index (χ1v) is 8.42. The molecule has 3 unspecified atom stereocenters. The van der Waals surface area contributed by atoms with Gasteiger partial charge in [0.2, 0.25) is 5.75 Å². The van der Waals surface area contributed by atoms with Crippen LogP contribution in [0.1, 0.15) is 25.5 Å². The van der Waals surface area contributed by atoms with Gasteiger partial charge in [-0.25, -0.2) is 0 Å². The third kappa shape index (κ3) is 4.61. The van der Waals surface area contributed by atoms with Crippen LogP contribution in [0.4, 0.5) is 0 Å². The summed E-state index contributed by atoms with van der Waals surface area (Å²) >= 11 is 0. The van der Waals surface area contributed by atoms with E-state index in [9.17, 15) is 4.21 Å². The van der Waals surface area contributed by atoms with Gasteiger partial charge in [0.1, 0.15) is 0 Å². The molecule has 21 heavy (non-hydrogen) atoms. The van der Waals surface area contributed by atoms with Crippen LogP contribution in [0, 0.1) is 0 Å². The summed E-state index contributed by atoms with van der Waals surface area (Å²) in [5, 5.41) is 3.48. The van der Waals surface area contributed by atoms with E-state index in [-0.39, 0.29) is 11.3 Å². The molecule has 0 aliphatic rings. The lowest BCUT2D eigenvalue weighted by atomic mass is 10.1. The van der Waals surface area contributed by atoms with Gasteiger partial charge in [-0.1, -0.05) is 0 Å². The SMILES string of the molecule is COc1cc(C(C)NCC(C)S(C)=O)cc(OC)c1OC. The summed E-state index contributed by atoms with van der Waals surface area (Å²) in [5.41, 5.74) is 1.03. The highest BCUT2D eigenvalue weighted by molar-refractivity contribution is 7.84. The second kappa shape index (κ2) is 8.24. The largest absolute Gasteiger partial charge is 0.493 e. The summed E-state index contributed by atoms with van der Waals surface area (Å²) in [6.45, 7) is 4.69. The first-order valence-electron chi connectivity index (χ1n) is 6.80. The fourth-order valence-corrected chi connectivity index (χ4v) is 2.26. The molecule has 0 aromatic heterocycles. The number of hydrogen-bond acceptors (Lipinski definition) is 5. The molecule has 0 amide bonds. The molecule has 3 atom stereocenters. The molecule has 5 nitrogen and oxygen atoms in total. The predicted molar refractivity (Wildman–Crippen MR) is 86.0 cm³/mol. The number of hydrogen-bond donors (Lipinski definition) is 1. The third-order valence-corrected chi connectivity index (χ3v) is 4.77. The highest BCUT2D eigenvalue weighted by Crippen LogP contribution is 2.39. The van der Waals surface area contributed by atoms with Gasteiger partial charge in [-0.3, -0.25) is 4.21 Å². The number of rotatable bonds is 8. The predicted octanol–water partition coefficient (Wildman–Crippen LogP) is 2.13. The summed E-state index contributed by atoms with van der Waals surface area (Å²) < 4.78 is 27.4. The summed E-state index contributed by atoms with van der Waals surface area (Å²) in [7, 11) is 3.95. The van der Waals surface area contributed by atoms with Crippen molar-refractivity contribution in [2.24, 2.45) is 0 Å². The zero-order valence-corrected chi connectivity index (χ0v) is 14.4. The molecule has 1 rings (SSSR count). The third-order valence-electron chi connectivity index (χ3n) is 3.47. The Bertz CT molecular complexity index is 468. The summed E-state index contributed by atoms with van der Waals surface area (Å²) in [6.07, 6.45) is 1.72. The van der Waals surface area contributed by atoms with Gasteiger partial charge in [0.15, 0.2) is 11.5 Å². The van der Waals surface area contributed by atoms with E-state index < -0.39 is 10.8 Å². The average Bonchev–Trinajstić information content (AvgIpc) is 2.50. The molecular weight excluding hydrogens is 290 g/mol. The van der Waals surface area contributed by atoms with Crippen LogP contribution in [-0.2, 0) is 10.8 Å². The highest BCUT2D eigenvalue weighted by Gasteiger charge is 2.17. The minimum atomic E-state index is -0.832.